The number of benzene rings is 1. The van der Waals surface area contributed by atoms with Crippen molar-refractivity contribution in [3.05, 3.63) is 28.3 Å². The number of ether oxygens (including phenoxy) is 1. The van der Waals surface area contributed by atoms with Crippen LogP contribution >= 0.6 is 0 Å². The van der Waals surface area contributed by atoms with E-state index in [0.717, 1.165) is 31.6 Å². The average molecular weight is 280 g/mol. The fourth-order valence-corrected chi connectivity index (χ4v) is 2.43. The van der Waals surface area contributed by atoms with E-state index in [2.05, 4.69) is 33.8 Å². The van der Waals surface area contributed by atoms with Crippen LogP contribution in [0.2, 0.25) is 0 Å². The molecular formula is C17H28O3. The SMILES string of the molecule is CCCOc1cc(C)c(CCC(CO)CO)c(C)c1C. The summed E-state index contributed by atoms with van der Waals surface area (Å²) in [7, 11) is 0. The summed E-state index contributed by atoms with van der Waals surface area (Å²) in [6, 6.07) is 2.11. The Labute approximate surface area is 122 Å². The van der Waals surface area contributed by atoms with Gasteiger partial charge in [0.15, 0.2) is 0 Å². The lowest BCUT2D eigenvalue weighted by Gasteiger charge is -2.18. The highest BCUT2D eigenvalue weighted by Crippen LogP contribution is 2.29. The van der Waals surface area contributed by atoms with Crippen molar-refractivity contribution < 1.29 is 14.9 Å². The van der Waals surface area contributed by atoms with E-state index in [4.69, 9.17) is 14.9 Å². The first kappa shape index (κ1) is 17.0. The van der Waals surface area contributed by atoms with Crippen molar-refractivity contribution in [1.82, 2.24) is 0 Å². The topological polar surface area (TPSA) is 49.7 Å². The normalized spacial score (nSPS) is 11.2. The summed E-state index contributed by atoms with van der Waals surface area (Å²) in [4.78, 5) is 0. The van der Waals surface area contributed by atoms with E-state index in [1.807, 2.05) is 0 Å². The van der Waals surface area contributed by atoms with E-state index in [9.17, 15) is 0 Å². The van der Waals surface area contributed by atoms with Crippen LogP contribution in [0.4, 0.5) is 0 Å². The van der Waals surface area contributed by atoms with Gasteiger partial charge in [-0.05, 0) is 68.4 Å². The molecule has 0 aliphatic carbocycles. The maximum absolute atomic E-state index is 9.16. The van der Waals surface area contributed by atoms with Gasteiger partial charge in [-0.15, -0.1) is 0 Å². The second kappa shape index (κ2) is 8.28. The molecule has 3 nitrogen and oxygen atoms in total. The van der Waals surface area contributed by atoms with E-state index in [0.29, 0.717) is 0 Å². The largest absolute Gasteiger partial charge is 0.493 e. The van der Waals surface area contributed by atoms with Crippen LogP contribution in [0.1, 0.15) is 42.0 Å². The maximum atomic E-state index is 9.16. The smallest absolute Gasteiger partial charge is 0.122 e. The fraction of sp³-hybridized carbons (Fsp3) is 0.647. The van der Waals surface area contributed by atoms with Crippen LogP contribution in [0.3, 0.4) is 0 Å². The minimum Gasteiger partial charge on any atom is -0.493 e. The van der Waals surface area contributed by atoms with Crippen LogP contribution in [0.25, 0.3) is 0 Å². The van der Waals surface area contributed by atoms with Gasteiger partial charge in [-0.3, -0.25) is 0 Å². The Bertz CT molecular complexity index is 423. The first-order valence-electron chi connectivity index (χ1n) is 7.49. The summed E-state index contributed by atoms with van der Waals surface area (Å²) in [5.41, 5.74) is 5.02. The third-order valence-electron chi connectivity index (χ3n) is 3.99. The van der Waals surface area contributed by atoms with Crippen molar-refractivity contribution in [3.8, 4) is 5.75 Å². The predicted molar refractivity (Wildman–Crippen MR) is 82.4 cm³/mol. The highest BCUT2D eigenvalue weighted by atomic mass is 16.5. The van der Waals surface area contributed by atoms with Gasteiger partial charge < -0.3 is 14.9 Å². The molecule has 1 rings (SSSR count). The lowest BCUT2D eigenvalue weighted by atomic mass is 9.91. The first-order chi connectivity index (χ1) is 9.54. The molecule has 0 radical (unpaired) electrons. The molecule has 0 unspecified atom stereocenters. The van der Waals surface area contributed by atoms with Crippen molar-refractivity contribution in [2.75, 3.05) is 19.8 Å². The molecule has 0 saturated carbocycles. The second-order valence-corrected chi connectivity index (χ2v) is 5.54. The Morgan fingerprint density at radius 2 is 1.75 bits per heavy atom. The molecule has 0 saturated heterocycles. The summed E-state index contributed by atoms with van der Waals surface area (Å²) >= 11 is 0. The Balaban J connectivity index is 2.89. The molecule has 0 spiro atoms. The third kappa shape index (κ3) is 4.22. The van der Waals surface area contributed by atoms with Crippen molar-refractivity contribution in [3.63, 3.8) is 0 Å². The molecule has 2 N–H and O–H groups in total. The Morgan fingerprint density at radius 3 is 2.30 bits per heavy atom. The maximum Gasteiger partial charge on any atom is 0.122 e. The standard InChI is InChI=1S/C17H28O3/c1-5-8-20-17-9-12(2)16(13(3)14(17)4)7-6-15(10-18)11-19/h9,15,18-19H,5-8,10-11H2,1-4H3. The van der Waals surface area contributed by atoms with Crippen LogP contribution in [-0.2, 0) is 6.42 Å². The summed E-state index contributed by atoms with van der Waals surface area (Å²) < 4.78 is 5.79. The van der Waals surface area contributed by atoms with Gasteiger partial charge in [0.1, 0.15) is 5.75 Å². The van der Waals surface area contributed by atoms with Crippen LogP contribution in [0.15, 0.2) is 6.07 Å². The number of aryl methyl sites for hydroxylation is 1. The molecule has 0 amide bonds. The van der Waals surface area contributed by atoms with Crippen molar-refractivity contribution in [1.29, 1.82) is 0 Å². The second-order valence-electron chi connectivity index (χ2n) is 5.54. The molecule has 0 bridgehead atoms. The number of rotatable bonds is 8. The predicted octanol–water partition coefficient (Wildman–Crippen LogP) is 2.93. The number of aliphatic hydroxyl groups is 2. The summed E-state index contributed by atoms with van der Waals surface area (Å²) in [5, 5.41) is 18.3. The number of aliphatic hydroxyl groups excluding tert-OH is 2. The molecule has 20 heavy (non-hydrogen) atoms. The summed E-state index contributed by atoms with van der Waals surface area (Å²) in [5.74, 6) is 0.955. The van der Waals surface area contributed by atoms with Crippen LogP contribution in [-0.4, -0.2) is 30.0 Å². The third-order valence-corrected chi connectivity index (χ3v) is 3.99. The van der Waals surface area contributed by atoms with E-state index in [-0.39, 0.29) is 19.1 Å². The minimum absolute atomic E-state index is 0.0230. The highest BCUT2D eigenvalue weighted by Gasteiger charge is 2.13. The van der Waals surface area contributed by atoms with Gasteiger partial charge in [0.2, 0.25) is 0 Å². The van der Waals surface area contributed by atoms with Crippen LogP contribution < -0.4 is 4.74 Å². The molecule has 0 aliphatic rings. The molecule has 0 fully saturated rings. The van der Waals surface area contributed by atoms with E-state index >= 15 is 0 Å². The highest BCUT2D eigenvalue weighted by molar-refractivity contribution is 5.48. The van der Waals surface area contributed by atoms with E-state index < -0.39 is 0 Å². The van der Waals surface area contributed by atoms with Gasteiger partial charge in [0.05, 0.1) is 6.61 Å². The number of hydrogen-bond acceptors (Lipinski definition) is 3. The Morgan fingerprint density at radius 1 is 1.10 bits per heavy atom. The van der Waals surface area contributed by atoms with Gasteiger partial charge in [0.25, 0.3) is 0 Å². The van der Waals surface area contributed by atoms with Gasteiger partial charge in [-0.1, -0.05) is 6.92 Å². The zero-order valence-electron chi connectivity index (χ0n) is 13.2. The molecule has 0 aromatic heterocycles. The minimum atomic E-state index is -0.0230. The number of hydrogen-bond donors (Lipinski definition) is 2. The molecule has 1 aromatic carbocycles. The molecule has 3 heteroatoms. The molecule has 0 aliphatic heterocycles. The van der Waals surface area contributed by atoms with Gasteiger partial charge in [-0.25, -0.2) is 0 Å². The van der Waals surface area contributed by atoms with E-state index in [1.54, 1.807) is 0 Å². The van der Waals surface area contributed by atoms with Crippen molar-refractivity contribution in [2.45, 2.75) is 47.0 Å². The molecule has 0 atom stereocenters. The quantitative estimate of drug-likeness (QED) is 0.770. The van der Waals surface area contributed by atoms with Gasteiger partial charge >= 0.3 is 0 Å². The lowest BCUT2D eigenvalue weighted by Crippen LogP contribution is -2.13. The monoisotopic (exact) mass is 280 g/mol. The zero-order valence-corrected chi connectivity index (χ0v) is 13.2. The molecule has 0 heterocycles. The lowest BCUT2D eigenvalue weighted by molar-refractivity contribution is 0.144. The first-order valence-corrected chi connectivity index (χ1v) is 7.49. The molecular weight excluding hydrogens is 252 g/mol. The molecule has 114 valence electrons. The van der Waals surface area contributed by atoms with Crippen LogP contribution in [0.5, 0.6) is 5.75 Å². The Kier molecular flexibility index (Phi) is 7.03. The summed E-state index contributed by atoms with van der Waals surface area (Å²) in [6.07, 6.45) is 2.70. The van der Waals surface area contributed by atoms with Gasteiger partial charge in [0, 0.05) is 19.1 Å². The average Bonchev–Trinajstić information content (AvgIpc) is 2.45. The van der Waals surface area contributed by atoms with Crippen LogP contribution in [0, 0.1) is 26.7 Å². The summed E-state index contributed by atoms with van der Waals surface area (Å²) in [6.45, 7) is 9.27. The molecule has 1 aromatic rings. The van der Waals surface area contributed by atoms with Crippen molar-refractivity contribution in [2.24, 2.45) is 5.92 Å². The van der Waals surface area contributed by atoms with Crippen molar-refractivity contribution >= 4 is 0 Å². The van der Waals surface area contributed by atoms with Gasteiger partial charge in [-0.2, -0.15) is 0 Å². The fourth-order valence-electron chi connectivity index (χ4n) is 2.43. The van der Waals surface area contributed by atoms with E-state index in [1.165, 1.54) is 22.3 Å². The Hall–Kier alpha value is -1.06. The zero-order chi connectivity index (χ0) is 15.1.